The number of aliphatic hydroxyl groups is 3. The quantitative estimate of drug-likeness (QED) is 0.268. The molecule has 0 aromatic heterocycles. The minimum absolute atomic E-state index is 0.00596. The lowest BCUT2D eigenvalue weighted by atomic mass is 9.99. The molecule has 5 atom stereocenters. The van der Waals surface area contributed by atoms with Gasteiger partial charge in [0.1, 0.15) is 31.0 Å². The van der Waals surface area contributed by atoms with Crippen LogP contribution in [-0.4, -0.2) is 88.7 Å². The van der Waals surface area contributed by atoms with Crippen LogP contribution < -0.4 is 0 Å². The van der Waals surface area contributed by atoms with E-state index in [1.54, 1.807) is 12.1 Å². The summed E-state index contributed by atoms with van der Waals surface area (Å²) in [4.78, 5) is 40.5. The van der Waals surface area contributed by atoms with Gasteiger partial charge in [0.15, 0.2) is 6.29 Å². The van der Waals surface area contributed by atoms with Crippen molar-refractivity contribution in [3.63, 3.8) is 0 Å². The highest BCUT2D eigenvalue weighted by Gasteiger charge is 2.44. The van der Waals surface area contributed by atoms with Crippen molar-refractivity contribution in [3.05, 3.63) is 35.4 Å². The minimum atomic E-state index is -1.56. The molecule has 1 saturated heterocycles. The third-order valence-electron chi connectivity index (χ3n) is 4.67. The molecular formula is C19H23NO10. The van der Waals surface area contributed by atoms with Crippen LogP contribution in [0.4, 0.5) is 0 Å². The van der Waals surface area contributed by atoms with Gasteiger partial charge in [0.2, 0.25) is 0 Å². The van der Waals surface area contributed by atoms with Crippen molar-refractivity contribution in [2.45, 2.75) is 44.1 Å². The zero-order chi connectivity index (χ0) is 21.8. The summed E-state index contributed by atoms with van der Waals surface area (Å²) in [5.41, 5.74) is 0.535. The standard InChI is InChI=1S/C19H23NO10/c1-10(21)28-9-13-14(22)15(23)16(24)19(30-13)27-7-4-8-29-20-17(25)11-5-2-3-6-12(11)18(20)26/h2-3,5-6,13-16,19,22-24H,4,7-9H2,1H3/t13-,14+,15+,16+,19+/m1/s1. The molecule has 0 spiro atoms. The SMILES string of the molecule is CC(=O)OC[C@H]1O[C@H](OCCCON2C(=O)c3ccccc3C2=O)[C@@H](O)[C@@H](O)[C@H]1O. The number of hydrogen-bond donors (Lipinski definition) is 3. The molecule has 0 saturated carbocycles. The average Bonchev–Trinajstić information content (AvgIpc) is 2.97. The Morgan fingerprint density at radius 2 is 1.67 bits per heavy atom. The second-order valence-electron chi connectivity index (χ2n) is 6.83. The molecule has 2 aliphatic rings. The Hall–Kier alpha value is -2.41. The van der Waals surface area contributed by atoms with Gasteiger partial charge in [-0.3, -0.25) is 19.2 Å². The van der Waals surface area contributed by atoms with Crippen molar-refractivity contribution in [1.82, 2.24) is 5.06 Å². The molecule has 2 aliphatic heterocycles. The average molecular weight is 425 g/mol. The topological polar surface area (TPSA) is 152 Å². The number of nitrogens with zero attached hydrogens (tertiary/aromatic N) is 1. The summed E-state index contributed by atoms with van der Waals surface area (Å²) in [6, 6.07) is 6.37. The number of carbonyl (C=O) groups excluding carboxylic acids is 3. The summed E-state index contributed by atoms with van der Waals surface area (Å²) in [5.74, 6) is -1.69. The lowest BCUT2D eigenvalue weighted by Crippen LogP contribution is -2.59. The number of aliphatic hydroxyl groups excluding tert-OH is 3. The van der Waals surface area contributed by atoms with Crippen molar-refractivity contribution < 1.29 is 48.8 Å². The molecule has 0 radical (unpaired) electrons. The van der Waals surface area contributed by atoms with E-state index < -0.39 is 48.5 Å². The number of benzene rings is 1. The van der Waals surface area contributed by atoms with Gasteiger partial charge < -0.3 is 29.5 Å². The maximum atomic E-state index is 12.2. The lowest BCUT2D eigenvalue weighted by Gasteiger charge is -2.39. The van der Waals surface area contributed by atoms with Crippen molar-refractivity contribution in [2.75, 3.05) is 19.8 Å². The van der Waals surface area contributed by atoms with E-state index in [1.807, 2.05) is 0 Å². The molecule has 1 aromatic rings. The van der Waals surface area contributed by atoms with Gasteiger partial charge in [-0.15, -0.1) is 5.06 Å². The van der Waals surface area contributed by atoms with E-state index in [-0.39, 0.29) is 37.4 Å². The van der Waals surface area contributed by atoms with Crippen LogP contribution in [0.2, 0.25) is 0 Å². The fourth-order valence-electron chi connectivity index (χ4n) is 3.09. The lowest BCUT2D eigenvalue weighted by molar-refractivity contribution is -0.302. The maximum Gasteiger partial charge on any atom is 0.302 e. The summed E-state index contributed by atoms with van der Waals surface area (Å²) in [7, 11) is 0. The van der Waals surface area contributed by atoms with Gasteiger partial charge in [0.05, 0.1) is 24.3 Å². The molecule has 0 bridgehead atoms. The summed E-state index contributed by atoms with van der Waals surface area (Å²) in [6.45, 7) is 0.830. The Bertz CT molecular complexity index is 764. The fourth-order valence-corrected chi connectivity index (χ4v) is 3.09. The summed E-state index contributed by atoms with van der Waals surface area (Å²) < 4.78 is 15.5. The molecule has 3 N–H and O–H groups in total. The second kappa shape index (κ2) is 9.60. The van der Waals surface area contributed by atoms with E-state index >= 15 is 0 Å². The molecule has 164 valence electrons. The Labute approximate surface area is 171 Å². The van der Waals surface area contributed by atoms with E-state index in [2.05, 4.69) is 0 Å². The van der Waals surface area contributed by atoms with E-state index in [1.165, 1.54) is 19.1 Å². The first-order valence-electron chi connectivity index (χ1n) is 9.36. The highest BCUT2D eigenvalue weighted by atomic mass is 16.7. The minimum Gasteiger partial charge on any atom is -0.463 e. The molecule has 30 heavy (non-hydrogen) atoms. The van der Waals surface area contributed by atoms with Crippen molar-refractivity contribution >= 4 is 17.8 Å². The Morgan fingerprint density at radius 1 is 1.03 bits per heavy atom. The first-order valence-corrected chi connectivity index (χ1v) is 9.36. The zero-order valence-electron chi connectivity index (χ0n) is 16.2. The smallest absolute Gasteiger partial charge is 0.302 e. The van der Waals surface area contributed by atoms with Crippen LogP contribution in [0.15, 0.2) is 24.3 Å². The van der Waals surface area contributed by atoms with E-state index in [9.17, 15) is 29.7 Å². The molecule has 3 rings (SSSR count). The summed E-state index contributed by atoms with van der Waals surface area (Å²) >= 11 is 0. The molecule has 1 aromatic carbocycles. The van der Waals surface area contributed by atoms with Crippen LogP contribution in [0.3, 0.4) is 0 Å². The summed E-state index contributed by atoms with van der Waals surface area (Å²) in [5, 5.41) is 30.5. The van der Waals surface area contributed by atoms with Gasteiger partial charge in [-0.05, 0) is 18.6 Å². The van der Waals surface area contributed by atoms with Crippen LogP contribution in [-0.2, 0) is 23.8 Å². The maximum absolute atomic E-state index is 12.2. The monoisotopic (exact) mass is 425 g/mol. The Kier molecular flexibility index (Phi) is 7.13. The highest BCUT2D eigenvalue weighted by molar-refractivity contribution is 6.20. The van der Waals surface area contributed by atoms with Gasteiger partial charge in [0.25, 0.3) is 11.8 Å². The predicted octanol–water partition coefficient (Wildman–Crippen LogP) is -1.01. The number of hydroxylamine groups is 2. The molecule has 11 nitrogen and oxygen atoms in total. The van der Waals surface area contributed by atoms with Crippen LogP contribution in [0.25, 0.3) is 0 Å². The van der Waals surface area contributed by atoms with E-state index in [0.717, 1.165) is 0 Å². The second-order valence-corrected chi connectivity index (χ2v) is 6.83. The van der Waals surface area contributed by atoms with Crippen LogP contribution in [0.1, 0.15) is 34.1 Å². The van der Waals surface area contributed by atoms with Gasteiger partial charge >= 0.3 is 5.97 Å². The number of hydrogen-bond acceptors (Lipinski definition) is 10. The normalized spacial score (nSPS) is 28.5. The highest BCUT2D eigenvalue weighted by Crippen LogP contribution is 2.24. The van der Waals surface area contributed by atoms with Gasteiger partial charge in [-0.25, -0.2) is 0 Å². The number of imide groups is 1. The third-order valence-corrected chi connectivity index (χ3v) is 4.67. The van der Waals surface area contributed by atoms with Crippen molar-refractivity contribution in [3.8, 4) is 0 Å². The zero-order valence-corrected chi connectivity index (χ0v) is 16.2. The number of amides is 2. The first-order chi connectivity index (χ1) is 14.3. The number of esters is 1. The van der Waals surface area contributed by atoms with Crippen LogP contribution in [0, 0.1) is 0 Å². The van der Waals surface area contributed by atoms with Crippen LogP contribution in [0.5, 0.6) is 0 Å². The number of carbonyl (C=O) groups is 3. The van der Waals surface area contributed by atoms with E-state index in [0.29, 0.717) is 5.06 Å². The van der Waals surface area contributed by atoms with Crippen molar-refractivity contribution in [1.29, 1.82) is 0 Å². The predicted molar refractivity (Wildman–Crippen MR) is 96.8 cm³/mol. The molecular weight excluding hydrogens is 402 g/mol. The molecule has 1 fully saturated rings. The van der Waals surface area contributed by atoms with Gasteiger partial charge in [0, 0.05) is 6.92 Å². The van der Waals surface area contributed by atoms with Gasteiger partial charge in [-0.2, -0.15) is 0 Å². The largest absolute Gasteiger partial charge is 0.463 e. The molecule has 2 amide bonds. The summed E-state index contributed by atoms with van der Waals surface area (Å²) in [6.07, 6.45) is -6.66. The molecule has 0 unspecified atom stereocenters. The molecule has 0 aliphatic carbocycles. The number of ether oxygens (including phenoxy) is 3. The number of fused-ring (bicyclic) bond motifs is 1. The Balaban J connectivity index is 1.44. The molecule has 2 heterocycles. The van der Waals surface area contributed by atoms with Crippen LogP contribution >= 0.6 is 0 Å². The third kappa shape index (κ3) is 4.67. The fraction of sp³-hybridized carbons (Fsp3) is 0.526. The van der Waals surface area contributed by atoms with Crippen molar-refractivity contribution in [2.24, 2.45) is 0 Å². The van der Waals surface area contributed by atoms with E-state index in [4.69, 9.17) is 19.0 Å². The first kappa shape index (κ1) is 22.3. The molecule has 11 heteroatoms. The Morgan fingerprint density at radius 3 is 2.27 bits per heavy atom. The number of rotatable bonds is 8. The van der Waals surface area contributed by atoms with Gasteiger partial charge in [-0.1, -0.05) is 12.1 Å².